The molecule has 1 amide bonds. The van der Waals surface area contributed by atoms with Crippen molar-refractivity contribution in [2.24, 2.45) is 0 Å². The molecule has 20 heavy (non-hydrogen) atoms. The third-order valence-corrected chi connectivity index (χ3v) is 3.69. The molecular weight excluding hydrogens is 248 g/mol. The lowest BCUT2D eigenvalue weighted by Crippen LogP contribution is -2.26. The maximum atomic E-state index is 12.4. The van der Waals surface area contributed by atoms with Crippen molar-refractivity contribution in [3.8, 4) is 0 Å². The van der Waals surface area contributed by atoms with Crippen molar-refractivity contribution in [3.63, 3.8) is 0 Å². The fraction of sp³-hybridized carbons (Fsp3) is 0.235. The highest BCUT2D eigenvalue weighted by Gasteiger charge is 2.17. The summed E-state index contributed by atoms with van der Waals surface area (Å²) in [5.41, 5.74) is 5.23. The molecule has 0 radical (unpaired) electrons. The van der Waals surface area contributed by atoms with Crippen LogP contribution in [0.3, 0.4) is 0 Å². The van der Waals surface area contributed by atoms with Gasteiger partial charge in [0.2, 0.25) is 0 Å². The zero-order chi connectivity index (χ0) is 13.9. The predicted octanol–water partition coefficient (Wildman–Crippen LogP) is 2.89. The average molecular weight is 266 g/mol. The van der Waals surface area contributed by atoms with Crippen LogP contribution in [0.15, 0.2) is 42.5 Å². The first-order valence-corrected chi connectivity index (χ1v) is 6.93. The van der Waals surface area contributed by atoms with Gasteiger partial charge in [0.15, 0.2) is 0 Å². The van der Waals surface area contributed by atoms with Crippen molar-refractivity contribution < 1.29 is 4.79 Å². The molecule has 3 rings (SSSR count). The third-order valence-electron chi connectivity index (χ3n) is 3.69. The minimum atomic E-state index is -0.0207. The second-order valence-electron chi connectivity index (χ2n) is 5.19. The van der Waals surface area contributed by atoms with Crippen LogP contribution < -0.4 is 10.6 Å². The first-order valence-electron chi connectivity index (χ1n) is 6.93. The Bertz CT molecular complexity index is 632. The predicted molar refractivity (Wildman–Crippen MR) is 81.0 cm³/mol. The molecule has 3 heteroatoms. The fourth-order valence-electron chi connectivity index (χ4n) is 2.58. The Labute approximate surface area is 119 Å². The summed E-state index contributed by atoms with van der Waals surface area (Å²) in [6.07, 6.45) is 0.910. The lowest BCUT2D eigenvalue weighted by atomic mass is 9.95. The van der Waals surface area contributed by atoms with Gasteiger partial charge in [0.25, 0.3) is 5.91 Å². The number of amides is 1. The Hall–Kier alpha value is -2.13. The van der Waals surface area contributed by atoms with E-state index < -0.39 is 0 Å². The molecule has 1 aliphatic heterocycles. The van der Waals surface area contributed by atoms with E-state index in [1.54, 1.807) is 0 Å². The number of carbonyl (C=O) groups excluding carboxylic acids is 1. The maximum absolute atomic E-state index is 12.4. The molecule has 0 unspecified atom stereocenters. The molecule has 1 aliphatic rings. The van der Waals surface area contributed by atoms with Crippen molar-refractivity contribution in [1.29, 1.82) is 0 Å². The molecule has 0 atom stereocenters. The van der Waals surface area contributed by atoms with Crippen LogP contribution in [0.5, 0.6) is 0 Å². The molecule has 0 fully saturated rings. The number of aryl methyl sites for hydroxylation is 1. The topological polar surface area (TPSA) is 41.1 Å². The van der Waals surface area contributed by atoms with Crippen LogP contribution in [0.25, 0.3) is 0 Å². The van der Waals surface area contributed by atoms with Crippen LogP contribution >= 0.6 is 0 Å². The zero-order valence-electron chi connectivity index (χ0n) is 11.6. The SMILES string of the molecule is Cc1ccc(NC(=O)c2cccc3c2CCNC3)cc1. The first-order chi connectivity index (χ1) is 9.74. The van der Waals surface area contributed by atoms with Crippen molar-refractivity contribution >= 4 is 11.6 Å². The van der Waals surface area contributed by atoms with Crippen molar-refractivity contribution in [2.45, 2.75) is 19.9 Å². The monoisotopic (exact) mass is 266 g/mol. The van der Waals surface area contributed by atoms with E-state index in [9.17, 15) is 4.79 Å². The summed E-state index contributed by atoms with van der Waals surface area (Å²) in [7, 11) is 0. The number of fused-ring (bicyclic) bond motifs is 1. The molecule has 0 aliphatic carbocycles. The number of hydrogen-bond acceptors (Lipinski definition) is 2. The number of nitrogens with one attached hydrogen (secondary N) is 2. The van der Waals surface area contributed by atoms with Gasteiger partial charge in [-0.1, -0.05) is 29.8 Å². The van der Waals surface area contributed by atoms with E-state index in [0.717, 1.165) is 30.8 Å². The molecule has 3 nitrogen and oxygen atoms in total. The summed E-state index contributed by atoms with van der Waals surface area (Å²) >= 11 is 0. The standard InChI is InChI=1S/C17H18N2O/c1-12-5-7-14(8-6-12)19-17(20)16-4-2-3-13-11-18-10-9-15(13)16/h2-8,18H,9-11H2,1H3,(H,19,20). The van der Waals surface area contributed by atoms with E-state index in [4.69, 9.17) is 0 Å². The smallest absolute Gasteiger partial charge is 0.255 e. The summed E-state index contributed by atoms with van der Waals surface area (Å²) in [6.45, 7) is 3.81. The van der Waals surface area contributed by atoms with Gasteiger partial charge in [0, 0.05) is 17.8 Å². The minimum absolute atomic E-state index is 0.0207. The summed E-state index contributed by atoms with van der Waals surface area (Å²) in [5.74, 6) is -0.0207. The Morgan fingerprint density at radius 3 is 2.75 bits per heavy atom. The van der Waals surface area contributed by atoms with Gasteiger partial charge in [-0.15, -0.1) is 0 Å². The van der Waals surface area contributed by atoms with E-state index in [-0.39, 0.29) is 5.91 Å². The highest BCUT2D eigenvalue weighted by atomic mass is 16.1. The quantitative estimate of drug-likeness (QED) is 0.877. The van der Waals surface area contributed by atoms with Crippen LogP contribution in [0.4, 0.5) is 5.69 Å². The third kappa shape index (κ3) is 2.58. The van der Waals surface area contributed by atoms with Gasteiger partial charge in [-0.25, -0.2) is 0 Å². The molecule has 2 aromatic carbocycles. The van der Waals surface area contributed by atoms with Gasteiger partial charge in [-0.2, -0.15) is 0 Å². The van der Waals surface area contributed by atoms with Crippen LogP contribution in [0, 0.1) is 6.92 Å². The second kappa shape index (κ2) is 5.47. The average Bonchev–Trinajstić information content (AvgIpc) is 2.49. The molecule has 0 aromatic heterocycles. The van der Waals surface area contributed by atoms with Crippen molar-refractivity contribution in [1.82, 2.24) is 5.32 Å². The van der Waals surface area contributed by atoms with Crippen molar-refractivity contribution in [3.05, 3.63) is 64.7 Å². The van der Waals surface area contributed by atoms with Gasteiger partial charge in [0.1, 0.15) is 0 Å². The van der Waals surface area contributed by atoms with Gasteiger partial charge in [-0.05, 0) is 49.2 Å². The molecule has 2 N–H and O–H groups in total. The van der Waals surface area contributed by atoms with E-state index in [1.807, 2.05) is 43.3 Å². The number of anilines is 1. The number of carbonyl (C=O) groups is 1. The van der Waals surface area contributed by atoms with Crippen LogP contribution in [-0.4, -0.2) is 12.5 Å². The number of hydrogen-bond donors (Lipinski definition) is 2. The van der Waals surface area contributed by atoms with Gasteiger partial charge >= 0.3 is 0 Å². The largest absolute Gasteiger partial charge is 0.322 e. The molecule has 2 aromatic rings. The molecule has 0 bridgehead atoms. The van der Waals surface area contributed by atoms with Gasteiger partial charge < -0.3 is 10.6 Å². The molecular formula is C17H18N2O. The fourth-order valence-corrected chi connectivity index (χ4v) is 2.58. The lowest BCUT2D eigenvalue weighted by molar-refractivity contribution is 0.102. The van der Waals surface area contributed by atoms with E-state index in [0.29, 0.717) is 0 Å². The summed E-state index contributed by atoms with van der Waals surface area (Å²) in [6, 6.07) is 13.8. The lowest BCUT2D eigenvalue weighted by Gasteiger charge is -2.20. The van der Waals surface area contributed by atoms with E-state index in [1.165, 1.54) is 16.7 Å². The number of rotatable bonds is 2. The summed E-state index contributed by atoms with van der Waals surface area (Å²) < 4.78 is 0. The Balaban J connectivity index is 1.85. The normalized spacial score (nSPS) is 13.7. The molecule has 102 valence electrons. The van der Waals surface area contributed by atoms with E-state index >= 15 is 0 Å². The van der Waals surface area contributed by atoms with E-state index in [2.05, 4.69) is 16.7 Å². The van der Waals surface area contributed by atoms with Crippen LogP contribution in [0.2, 0.25) is 0 Å². The molecule has 0 saturated heterocycles. The molecule has 0 saturated carbocycles. The second-order valence-corrected chi connectivity index (χ2v) is 5.19. The Morgan fingerprint density at radius 2 is 1.95 bits per heavy atom. The maximum Gasteiger partial charge on any atom is 0.255 e. The number of benzene rings is 2. The molecule has 0 spiro atoms. The Kier molecular flexibility index (Phi) is 3.52. The van der Waals surface area contributed by atoms with Crippen LogP contribution in [0.1, 0.15) is 27.0 Å². The first kappa shape index (κ1) is 12.9. The van der Waals surface area contributed by atoms with Gasteiger partial charge in [-0.3, -0.25) is 4.79 Å². The minimum Gasteiger partial charge on any atom is -0.322 e. The zero-order valence-corrected chi connectivity index (χ0v) is 11.6. The molecule has 1 heterocycles. The Morgan fingerprint density at radius 1 is 1.15 bits per heavy atom. The van der Waals surface area contributed by atoms with Crippen molar-refractivity contribution in [2.75, 3.05) is 11.9 Å². The summed E-state index contributed by atoms with van der Waals surface area (Å²) in [4.78, 5) is 12.4. The highest BCUT2D eigenvalue weighted by molar-refractivity contribution is 6.05. The highest BCUT2D eigenvalue weighted by Crippen LogP contribution is 2.20. The summed E-state index contributed by atoms with van der Waals surface area (Å²) in [5, 5.41) is 6.31. The van der Waals surface area contributed by atoms with Gasteiger partial charge in [0.05, 0.1) is 0 Å². The van der Waals surface area contributed by atoms with Crippen LogP contribution in [-0.2, 0) is 13.0 Å².